The Hall–Kier alpha value is -3.02. The maximum atomic E-state index is 11.6. The van der Waals surface area contributed by atoms with Crippen LogP contribution in [0.3, 0.4) is 0 Å². The number of hydrogen-bond acceptors (Lipinski definition) is 3. The zero-order valence-corrected chi connectivity index (χ0v) is 14.8. The van der Waals surface area contributed by atoms with Crippen molar-refractivity contribution >= 4 is 12.0 Å². The Kier molecular flexibility index (Phi) is 7.49. The van der Waals surface area contributed by atoms with E-state index >= 15 is 0 Å². The van der Waals surface area contributed by atoms with Gasteiger partial charge in [0.25, 0.3) is 0 Å². The number of rotatable bonds is 9. The Balaban J connectivity index is 1.70. The molecule has 0 aliphatic heterocycles. The summed E-state index contributed by atoms with van der Waals surface area (Å²) in [5.41, 5.74) is 3.28. The third kappa shape index (κ3) is 7.25. The molecule has 6 nitrogen and oxygen atoms in total. The van der Waals surface area contributed by atoms with Crippen molar-refractivity contribution in [3.8, 4) is 5.75 Å². The molecular formula is C20H24N2O4. The van der Waals surface area contributed by atoms with Gasteiger partial charge in [-0.1, -0.05) is 42.0 Å². The predicted molar refractivity (Wildman–Crippen MR) is 99.1 cm³/mol. The number of carbonyl (C=O) groups is 2. The maximum absolute atomic E-state index is 11.6. The lowest BCUT2D eigenvalue weighted by molar-refractivity contribution is -0.137. The van der Waals surface area contributed by atoms with Crippen LogP contribution in [0.25, 0.3) is 0 Å². The summed E-state index contributed by atoms with van der Waals surface area (Å²) in [6.45, 7) is 3.29. The molecule has 2 rings (SSSR count). The molecule has 0 fully saturated rings. The maximum Gasteiger partial charge on any atom is 0.315 e. The Morgan fingerprint density at radius 2 is 1.81 bits per heavy atom. The molecule has 2 amide bonds. The Labute approximate surface area is 153 Å². The summed E-state index contributed by atoms with van der Waals surface area (Å²) >= 11 is 0. The molecule has 0 aliphatic rings. The van der Waals surface area contributed by atoms with Crippen LogP contribution in [-0.4, -0.2) is 23.7 Å². The first kappa shape index (κ1) is 19.3. The summed E-state index contributed by atoms with van der Waals surface area (Å²) in [7, 11) is 0. The molecule has 3 N–H and O–H groups in total. The van der Waals surface area contributed by atoms with Crippen molar-refractivity contribution in [1.82, 2.24) is 10.6 Å². The van der Waals surface area contributed by atoms with Gasteiger partial charge >= 0.3 is 12.0 Å². The first-order valence-corrected chi connectivity index (χ1v) is 8.54. The summed E-state index contributed by atoms with van der Waals surface area (Å²) in [6, 6.07) is 15.4. The number of amides is 2. The van der Waals surface area contributed by atoms with Crippen molar-refractivity contribution in [1.29, 1.82) is 0 Å². The van der Waals surface area contributed by atoms with Crippen LogP contribution >= 0.6 is 0 Å². The number of carbonyl (C=O) groups excluding carboxylic acids is 1. The number of hydrogen-bond donors (Lipinski definition) is 3. The van der Waals surface area contributed by atoms with E-state index in [1.807, 2.05) is 49.4 Å². The van der Waals surface area contributed by atoms with E-state index in [1.54, 1.807) is 0 Å². The largest absolute Gasteiger partial charge is 0.489 e. The van der Waals surface area contributed by atoms with Crippen LogP contribution in [0.4, 0.5) is 4.79 Å². The zero-order chi connectivity index (χ0) is 18.8. The molecule has 0 saturated heterocycles. The highest BCUT2D eigenvalue weighted by molar-refractivity contribution is 5.73. The number of nitrogens with one attached hydrogen (secondary N) is 2. The fourth-order valence-electron chi connectivity index (χ4n) is 2.36. The van der Waals surface area contributed by atoms with Gasteiger partial charge in [-0.15, -0.1) is 0 Å². The first-order valence-electron chi connectivity index (χ1n) is 8.54. The van der Waals surface area contributed by atoms with Gasteiger partial charge < -0.3 is 20.5 Å². The predicted octanol–water partition coefficient (Wildman–Crippen LogP) is 3.24. The van der Waals surface area contributed by atoms with Gasteiger partial charge in [-0.3, -0.25) is 4.79 Å². The van der Waals surface area contributed by atoms with Gasteiger partial charge in [-0.2, -0.15) is 0 Å². The van der Waals surface area contributed by atoms with Crippen LogP contribution < -0.4 is 15.4 Å². The molecule has 0 aromatic heterocycles. The molecule has 0 radical (unpaired) electrons. The van der Waals surface area contributed by atoms with Crippen molar-refractivity contribution in [3.63, 3.8) is 0 Å². The summed E-state index contributed by atoms with van der Waals surface area (Å²) in [5.74, 6) is -0.0923. The summed E-state index contributed by atoms with van der Waals surface area (Å²) < 4.78 is 5.76. The van der Waals surface area contributed by atoms with E-state index in [1.165, 1.54) is 5.56 Å². The van der Waals surface area contributed by atoms with Crippen LogP contribution in [0.15, 0.2) is 48.5 Å². The van der Waals surface area contributed by atoms with Crippen LogP contribution in [0, 0.1) is 6.92 Å². The summed E-state index contributed by atoms with van der Waals surface area (Å²) in [6.07, 6.45) is 0.458. The number of benzene rings is 2. The topological polar surface area (TPSA) is 87.7 Å². The third-order valence-electron chi connectivity index (χ3n) is 3.72. The minimum atomic E-state index is -0.864. The Morgan fingerprint density at radius 3 is 2.50 bits per heavy atom. The average Bonchev–Trinajstić information content (AvgIpc) is 2.62. The smallest absolute Gasteiger partial charge is 0.315 e. The molecule has 138 valence electrons. The van der Waals surface area contributed by atoms with Crippen LogP contribution in [0.5, 0.6) is 5.75 Å². The van der Waals surface area contributed by atoms with Crippen LogP contribution in [0.1, 0.15) is 29.5 Å². The van der Waals surface area contributed by atoms with Crippen LogP contribution in [0.2, 0.25) is 0 Å². The van der Waals surface area contributed by atoms with Crippen molar-refractivity contribution in [3.05, 3.63) is 65.2 Å². The fourth-order valence-corrected chi connectivity index (χ4v) is 2.36. The Morgan fingerprint density at radius 1 is 1.04 bits per heavy atom. The van der Waals surface area contributed by atoms with Crippen molar-refractivity contribution in [2.75, 3.05) is 6.54 Å². The van der Waals surface area contributed by atoms with E-state index in [2.05, 4.69) is 16.7 Å². The van der Waals surface area contributed by atoms with Gasteiger partial charge in [0.1, 0.15) is 12.4 Å². The quantitative estimate of drug-likeness (QED) is 0.602. The van der Waals surface area contributed by atoms with Crippen molar-refractivity contribution in [2.45, 2.75) is 32.9 Å². The SMILES string of the molecule is Cc1cccc(COc2ccc(CNC(=O)NCCCC(=O)O)cc2)c1. The minimum Gasteiger partial charge on any atom is -0.489 e. The number of ether oxygens (including phenoxy) is 1. The first-order chi connectivity index (χ1) is 12.5. The zero-order valence-electron chi connectivity index (χ0n) is 14.8. The standard InChI is InChI=1S/C20H24N2O4/c1-15-4-2-5-17(12-15)14-26-18-9-7-16(8-10-18)13-22-20(25)21-11-3-6-19(23)24/h2,4-5,7-10,12H,3,6,11,13-14H2,1H3,(H,23,24)(H2,21,22,25). The number of carboxylic acid groups (broad SMARTS) is 1. The highest BCUT2D eigenvalue weighted by Crippen LogP contribution is 2.14. The van der Waals surface area contributed by atoms with Gasteiger partial charge in [0.15, 0.2) is 0 Å². The molecule has 0 atom stereocenters. The van der Waals surface area contributed by atoms with E-state index in [0.29, 0.717) is 26.1 Å². The number of aliphatic carboxylic acids is 1. The molecule has 0 aliphatic carbocycles. The molecule has 26 heavy (non-hydrogen) atoms. The lowest BCUT2D eigenvalue weighted by atomic mass is 10.1. The minimum absolute atomic E-state index is 0.0459. The normalized spacial score (nSPS) is 10.2. The molecule has 0 saturated carbocycles. The third-order valence-corrected chi connectivity index (χ3v) is 3.72. The summed E-state index contributed by atoms with van der Waals surface area (Å²) in [4.78, 5) is 22.0. The highest BCUT2D eigenvalue weighted by atomic mass is 16.5. The van der Waals surface area contributed by atoms with Gasteiger partial charge in [-0.05, 0) is 36.6 Å². The lowest BCUT2D eigenvalue weighted by Crippen LogP contribution is -2.35. The second-order valence-corrected chi connectivity index (χ2v) is 6.03. The molecule has 0 heterocycles. The average molecular weight is 356 g/mol. The van der Waals surface area contributed by atoms with Gasteiger partial charge in [-0.25, -0.2) is 4.79 Å². The van der Waals surface area contributed by atoms with E-state index in [4.69, 9.17) is 9.84 Å². The summed E-state index contributed by atoms with van der Waals surface area (Å²) in [5, 5.41) is 13.9. The van der Waals surface area contributed by atoms with E-state index < -0.39 is 5.97 Å². The van der Waals surface area contributed by atoms with Crippen molar-refractivity contribution in [2.24, 2.45) is 0 Å². The molecule has 2 aromatic rings. The molecule has 0 unspecified atom stereocenters. The number of carboxylic acids is 1. The molecule has 0 bridgehead atoms. The number of aryl methyl sites for hydroxylation is 1. The molecule has 0 spiro atoms. The van der Waals surface area contributed by atoms with Crippen LogP contribution in [-0.2, 0) is 17.9 Å². The monoisotopic (exact) mass is 356 g/mol. The fraction of sp³-hybridized carbons (Fsp3) is 0.300. The van der Waals surface area contributed by atoms with E-state index in [9.17, 15) is 9.59 Å². The van der Waals surface area contributed by atoms with Gasteiger partial charge in [0.2, 0.25) is 0 Å². The van der Waals surface area contributed by atoms with Gasteiger partial charge in [0, 0.05) is 19.5 Å². The number of urea groups is 1. The lowest BCUT2D eigenvalue weighted by Gasteiger charge is -2.09. The second-order valence-electron chi connectivity index (χ2n) is 6.03. The second kappa shape index (κ2) is 10.1. The van der Waals surface area contributed by atoms with Crippen molar-refractivity contribution < 1.29 is 19.4 Å². The Bertz CT molecular complexity index is 729. The molecule has 6 heteroatoms. The highest BCUT2D eigenvalue weighted by Gasteiger charge is 2.02. The van der Waals surface area contributed by atoms with Gasteiger partial charge in [0.05, 0.1) is 0 Å². The van der Waals surface area contributed by atoms with E-state index in [0.717, 1.165) is 16.9 Å². The molecule has 2 aromatic carbocycles. The molecular weight excluding hydrogens is 332 g/mol. The van der Waals surface area contributed by atoms with E-state index in [-0.39, 0.29) is 12.5 Å².